The molecule has 5 heteroatoms. The Balaban J connectivity index is 2.64. The Labute approximate surface area is 149 Å². The maximum atomic E-state index is 3.74. The third-order valence-corrected chi connectivity index (χ3v) is 11.9. The third-order valence-electron chi connectivity index (χ3n) is 4.29. The lowest BCUT2D eigenvalue weighted by Gasteiger charge is -2.47. The monoisotopic (exact) mass is 445 g/mol. The SMILES string of the molecule is CC(C)(C)[Si](C)(C)N(c1ccccc1)c1cc(Br)sc1Br. The van der Waals surface area contributed by atoms with Crippen LogP contribution < -0.4 is 4.57 Å². The van der Waals surface area contributed by atoms with Crippen molar-refractivity contribution < 1.29 is 0 Å². The third kappa shape index (κ3) is 3.46. The van der Waals surface area contributed by atoms with Crippen molar-refractivity contribution in [3.05, 3.63) is 44.0 Å². The van der Waals surface area contributed by atoms with E-state index in [-0.39, 0.29) is 5.04 Å². The minimum Gasteiger partial charge on any atom is -0.367 e. The van der Waals surface area contributed by atoms with Gasteiger partial charge in [0.2, 0.25) is 0 Å². The van der Waals surface area contributed by atoms with Gasteiger partial charge in [-0.15, -0.1) is 11.3 Å². The van der Waals surface area contributed by atoms with E-state index in [1.165, 1.54) is 15.2 Å². The standard InChI is InChI=1S/C16H21Br2NSSi/c1-16(2,3)21(4,5)19(12-9-7-6-8-10-12)13-11-14(17)20-15(13)18/h6-11H,1-5H3. The van der Waals surface area contributed by atoms with Gasteiger partial charge >= 0.3 is 0 Å². The topological polar surface area (TPSA) is 3.24 Å². The molecule has 0 spiro atoms. The van der Waals surface area contributed by atoms with Gasteiger partial charge in [0.25, 0.3) is 0 Å². The van der Waals surface area contributed by atoms with Crippen LogP contribution in [-0.2, 0) is 0 Å². The van der Waals surface area contributed by atoms with E-state index in [9.17, 15) is 0 Å². The minimum atomic E-state index is -1.74. The van der Waals surface area contributed by atoms with Crippen LogP contribution >= 0.6 is 43.2 Å². The Kier molecular flexibility index (Phi) is 5.08. The normalized spacial score (nSPS) is 12.5. The van der Waals surface area contributed by atoms with Crippen molar-refractivity contribution in [3.63, 3.8) is 0 Å². The first-order valence-electron chi connectivity index (χ1n) is 6.95. The van der Waals surface area contributed by atoms with E-state index in [1.807, 2.05) is 0 Å². The Morgan fingerprint density at radius 2 is 1.62 bits per heavy atom. The molecule has 2 aromatic rings. The van der Waals surface area contributed by atoms with Crippen molar-refractivity contribution in [3.8, 4) is 0 Å². The van der Waals surface area contributed by atoms with Crippen LogP contribution in [0.1, 0.15) is 20.8 Å². The Morgan fingerprint density at radius 3 is 2.05 bits per heavy atom. The van der Waals surface area contributed by atoms with Crippen LogP contribution in [0.3, 0.4) is 0 Å². The quantitative estimate of drug-likeness (QED) is 0.443. The molecule has 1 nitrogen and oxygen atoms in total. The highest BCUT2D eigenvalue weighted by Gasteiger charge is 2.43. The molecule has 0 fully saturated rings. The summed E-state index contributed by atoms with van der Waals surface area (Å²) >= 11 is 9.09. The molecule has 21 heavy (non-hydrogen) atoms. The molecule has 0 saturated heterocycles. The number of benzene rings is 1. The van der Waals surface area contributed by atoms with Crippen molar-refractivity contribution >= 4 is 62.8 Å². The van der Waals surface area contributed by atoms with E-state index in [2.05, 4.69) is 107 Å². The second-order valence-corrected chi connectivity index (χ2v) is 15.5. The first-order valence-corrected chi connectivity index (χ1v) is 12.3. The van der Waals surface area contributed by atoms with Gasteiger partial charge in [-0.1, -0.05) is 52.1 Å². The van der Waals surface area contributed by atoms with Crippen LogP contribution in [0.15, 0.2) is 44.0 Å². The van der Waals surface area contributed by atoms with Gasteiger partial charge in [0.1, 0.15) is 0 Å². The predicted molar refractivity (Wildman–Crippen MR) is 105 cm³/mol. The molecule has 114 valence electrons. The number of anilines is 2. The van der Waals surface area contributed by atoms with E-state index in [4.69, 9.17) is 0 Å². The molecule has 1 aromatic carbocycles. The average molecular weight is 447 g/mol. The largest absolute Gasteiger partial charge is 0.367 e. The van der Waals surface area contributed by atoms with E-state index in [1.54, 1.807) is 11.3 Å². The molecule has 0 amide bonds. The zero-order valence-electron chi connectivity index (χ0n) is 13.1. The molecule has 1 heterocycles. The van der Waals surface area contributed by atoms with Gasteiger partial charge in [-0.2, -0.15) is 0 Å². The first kappa shape index (κ1) is 17.3. The molecule has 0 aliphatic heterocycles. The van der Waals surface area contributed by atoms with Crippen molar-refractivity contribution in [1.29, 1.82) is 0 Å². The van der Waals surface area contributed by atoms with Gasteiger partial charge in [0.05, 0.1) is 13.3 Å². The summed E-state index contributed by atoms with van der Waals surface area (Å²) in [7, 11) is -1.74. The zero-order valence-corrected chi connectivity index (χ0v) is 18.1. The Morgan fingerprint density at radius 1 is 1.05 bits per heavy atom. The summed E-state index contributed by atoms with van der Waals surface area (Å²) in [5.74, 6) is 0. The molecule has 1 aromatic heterocycles. The van der Waals surface area contributed by atoms with E-state index in [0.29, 0.717) is 0 Å². The van der Waals surface area contributed by atoms with E-state index >= 15 is 0 Å². The summed E-state index contributed by atoms with van der Waals surface area (Å²) in [6.07, 6.45) is 0. The van der Waals surface area contributed by atoms with Gasteiger partial charge in [-0.3, -0.25) is 0 Å². The van der Waals surface area contributed by atoms with Gasteiger partial charge in [0.15, 0.2) is 8.24 Å². The highest BCUT2D eigenvalue weighted by molar-refractivity contribution is 9.12. The number of hydrogen-bond acceptors (Lipinski definition) is 2. The second kappa shape index (κ2) is 6.18. The summed E-state index contributed by atoms with van der Waals surface area (Å²) in [6.45, 7) is 11.9. The highest BCUT2D eigenvalue weighted by Crippen LogP contribution is 2.49. The molecule has 0 saturated carbocycles. The highest BCUT2D eigenvalue weighted by atomic mass is 79.9. The second-order valence-electron chi connectivity index (χ2n) is 6.69. The molecule has 0 atom stereocenters. The molecule has 0 radical (unpaired) electrons. The molecule has 0 aliphatic carbocycles. The fraction of sp³-hybridized carbons (Fsp3) is 0.375. The lowest BCUT2D eigenvalue weighted by Crippen LogP contribution is -2.52. The zero-order chi connectivity index (χ0) is 15.8. The van der Waals surface area contributed by atoms with Crippen LogP contribution in [0.4, 0.5) is 11.4 Å². The van der Waals surface area contributed by atoms with Gasteiger partial charge in [0, 0.05) is 5.69 Å². The molecule has 0 unspecified atom stereocenters. The maximum absolute atomic E-state index is 3.74. The van der Waals surface area contributed by atoms with E-state index in [0.717, 1.165) is 3.79 Å². The van der Waals surface area contributed by atoms with Crippen molar-refractivity contribution in [1.82, 2.24) is 0 Å². The lowest BCUT2D eigenvalue weighted by molar-refractivity contribution is 0.715. The summed E-state index contributed by atoms with van der Waals surface area (Å²) in [5.41, 5.74) is 2.54. The van der Waals surface area contributed by atoms with Crippen LogP contribution in [-0.4, -0.2) is 8.24 Å². The number of hydrogen-bond donors (Lipinski definition) is 0. The number of thiophene rings is 1. The summed E-state index contributed by atoms with van der Waals surface area (Å²) in [6, 6.07) is 12.9. The average Bonchev–Trinajstić information content (AvgIpc) is 2.68. The van der Waals surface area contributed by atoms with Crippen LogP contribution in [0.25, 0.3) is 0 Å². The molecule has 2 rings (SSSR count). The number of halogens is 2. The van der Waals surface area contributed by atoms with Crippen molar-refractivity contribution in [2.75, 3.05) is 4.57 Å². The summed E-state index contributed by atoms with van der Waals surface area (Å²) < 4.78 is 4.91. The van der Waals surface area contributed by atoms with E-state index < -0.39 is 8.24 Å². The molecule has 0 aliphatic rings. The van der Waals surface area contributed by atoms with Crippen LogP contribution in [0.2, 0.25) is 18.1 Å². The Hall–Kier alpha value is -0.103. The summed E-state index contributed by atoms with van der Waals surface area (Å²) in [4.78, 5) is 0. The fourth-order valence-electron chi connectivity index (χ4n) is 2.16. The lowest BCUT2D eigenvalue weighted by atomic mass is 10.2. The first-order chi connectivity index (χ1) is 9.64. The van der Waals surface area contributed by atoms with Crippen LogP contribution in [0.5, 0.6) is 0 Å². The van der Waals surface area contributed by atoms with Crippen molar-refractivity contribution in [2.24, 2.45) is 0 Å². The number of para-hydroxylation sites is 1. The minimum absolute atomic E-state index is 0.261. The predicted octanol–water partition coefficient (Wildman–Crippen LogP) is 7.42. The van der Waals surface area contributed by atoms with Gasteiger partial charge < -0.3 is 4.57 Å². The molecular weight excluding hydrogens is 426 g/mol. The van der Waals surface area contributed by atoms with Crippen molar-refractivity contribution in [2.45, 2.75) is 38.9 Å². The maximum Gasteiger partial charge on any atom is 0.161 e. The van der Waals surface area contributed by atoms with Crippen LogP contribution in [0, 0.1) is 0 Å². The smallest absolute Gasteiger partial charge is 0.161 e. The Bertz CT molecular complexity index is 617. The molecule has 0 N–H and O–H groups in total. The number of rotatable bonds is 3. The molecular formula is C16H21Br2NSSi. The van der Waals surface area contributed by atoms with Gasteiger partial charge in [-0.25, -0.2) is 0 Å². The fourth-order valence-corrected chi connectivity index (χ4v) is 7.41. The molecule has 0 bridgehead atoms. The van der Waals surface area contributed by atoms with Gasteiger partial charge in [-0.05, 0) is 55.1 Å². The number of nitrogens with zero attached hydrogens (tertiary/aromatic N) is 1. The summed E-state index contributed by atoms with van der Waals surface area (Å²) in [5, 5.41) is 0.261.